The number of carboxylic acid groups (broad SMARTS) is 1. The SMILES string of the molecule is COC(=O)NC(C(=O)O)(C(=O)OCc1ccccc1)C(C)C. The Balaban J connectivity index is 2.96. The molecule has 0 aliphatic carbocycles. The first-order valence-corrected chi connectivity index (χ1v) is 6.65. The fourth-order valence-corrected chi connectivity index (χ4v) is 1.87. The number of hydrogen-bond acceptors (Lipinski definition) is 5. The molecule has 0 bridgehead atoms. The molecular formula is C15H19NO6. The van der Waals surface area contributed by atoms with Crippen LogP contribution in [0, 0.1) is 5.92 Å². The fraction of sp³-hybridized carbons (Fsp3) is 0.400. The van der Waals surface area contributed by atoms with Gasteiger partial charge >= 0.3 is 18.0 Å². The molecule has 0 aliphatic heterocycles. The first kappa shape index (κ1) is 17.5. The third kappa shape index (κ3) is 3.75. The van der Waals surface area contributed by atoms with Crippen molar-refractivity contribution in [3.63, 3.8) is 0 Å². The molecule has 120 valence electrons. The lowest BCUT2D eigenvalue weighted by atomic mass is 9.86. The van der Waals surface area contributed by atoms with Crippen molar-refractivity contribution < 1.29 is 29.0 Å². The van der Waals surface area contributed by atoms with Crippen molar-refractivity contribution in [2.24, 2.45) is 5.92 Å². The monoisotopic (exact) mass is 309 g/mol. The Hall–Kier alpha value is -2.57. The van der Waals surface area contributed by atoms with E-state index >= 15 is 0 Å². The van der Waals surface area contributed by atoms with Gasteiger partial charge in [0.25, 0.3) is 0 Å². The number of rotatable bonds is 6. The maximum atomic E-state index is 12.3. The maximum absolute atomic E-state index is 12.3. The molecule has 0 fully saturated rings. The summed E-state index contributed by atoms with van der Waals surface area (Å²) < 4.78 is 9.47. The molecular weight excluding hydrogens is 290 g/mol. The van der Waals surface area contributed by atoms with Gasteiger partial charge in [0.2, 0.25) is 5.54 Å². The second-order valence-electron chi connectivity index (χ2n) is 4.95. The Morgan fingerprint density at radius 3 is 2.27 bits per heavy atom. The summed E-state index contributed by atoms with van der Waals surface area (Å²) in [5.41, 5.74) is -1.50. The Bertz CT molecular complexity index is 542. The summed E-state index contributed by atoms with van der Waals surface area (Å²) in [7, 11) is 1.08. The van der Waals surface area contributed by atoms with Gasteiger partial charge < -0.3 is 14.6 Å². The minimum atomic E-state index is -2.21. The number of aliphatic carboxylic acids is 1. The van der Waals surface area contributed by atoms with Crippen molar-refractivity contribution in [2.45, 2.75) is 26.0 Å². The molecule has 1 aromatic carbocycles. The van der Waals surface area contributed by atoms with Crippen molar-refractivity contribution in [3.05, 3.63) is 35.9 Å². The lowest BCUT2D eigenvalue weighted by Gasteiger charge is -2.31. The van der Waals surface area contributed by atoms with Crippen molar-refractivity contribution >= 4 is 18.0 Å². The third-order valence-corrected chi connectivity index (χ3v) is 3.22. The number of carbonyl (C=O) groups excluding carboxylic acids is 2. The van der Waals surface area contributed by atoms with Crippen molar-refractivity contribution in [3.8, 4) is 0 Å². The zero-order valence-corrected chi connectivity index (χ0v) is 12.7. The number of carbonyl (C=O) groups is 3. The number of nitrogens with one attached hydrogen (secondary N) is 1. The highest BCUT2D eigenvalue weighted by molar-refractivity contribution is 6.06. The zero-order chi connectivity index (χ0) is 16.8. The minimum Gasteiger partial charge on any atom is -0.479 e. The van der Waals surface area contributed by atoms with Gasteiger partial charge in [0.05, 0.1) is 7.11 Å². The topological polar surface area (TPSA) is 102 Å². The molecule has 0 aliphatic rings. The summed E-state index contributed by atoms with van der Waals surface area (Å²) in [6.45, 7) is 2.89. The van der Waals surface area contributed by atoms with E-state index in [-0.39, 0.29) is 6.61 Å². The number of ether oxygens (including phenoxy) is 2. The summed E-state index contributed by atoms with van der Waals surface area (Å²) in [5.74, 6) is -3.30. The average molecular weight is 309 g/mol. The molecule has 0 saturated heterocycles. The minimum absolute atomic E-state index is 0.0930. The van der Waals surface area contributed by atoms with Crippen LogP contribution in [-0.4, -0.2) is 35.8 Å². The predicted octanol–water partition coefficient (Wildman–Crippen LogP) is 1.57. The van der Waals surface area contributed by atoms with E-state index in [9.17, 15) is 19.5 Å². The summed E-state index contributed by atoms with van der Waals surface area (Å²) in [5, 5.41) is 11.5. The first-order chi connectivity index (χ1) is 10.3. The summed E-state index contributed by atoms with van der Waals surface area (Å²) >= 11 is 0. The molecule has 0 spiro atoms. The molecule has 0 radical (unpaired) electrons. The largest absolute Gasteiger partial charge is 0.479 e. The van der Waals surface area contributed by atoms with E-state index in [1.54, 1.807) is 30.3 Å². The number of methoxy groups -OCH3 is 1. The van der Waals surface area contributed by atoms with Crippen molar-refractivity contribution in [2.75, 3.05) is 7.11 Å². The number of alkyl carbamates (subject to hydrolysis) is 1. The van der Waals surface area contributed by atoms with E-state index in [0.717, 1.165) is 7.11 Å². The number of hydrogen-bond donors (Lipinski definition) is 2. The molecule has 1 unspecified atom stereocenters. The van der Waals surface area contributed by atoms with E-state index in [1.807, 2.05) is 0 Å². The van der Waals surface area contributed by atoms with Gasteiger partial charge in [-0.05, 0) is 11.5 Å². The predicted molar refractivity (Wildman–Crippen MR) is 77.0 cm³/mol. The second kappa shape index (κ2) is 7.44. The fourth-order valence-electron chi connectivity index (χ4n) is 1.87. The molecule has 0 heterocycles. The molecule has 22 heavy (non-hydrogen) atoms. The normalized spacial score (nSPS) is 13.1. The molecule has 0 aromatic heterocycles. The lowest BCUT2D eigenvalue weighted by Crippen LogP contribution is -2.64. The summed E-state index contributed by atoms with van der Waals surface area (Å²) in [6, 6.07) is 8.81. The average Bonchev–Trinajstić information content (AvgIpc) is 2.50. The van der Waals surface area contributed by atoms with Crippen LogP contribution >= 0.6 is 0 Å². The standard InChI is InChI=1S/C15H19NO6/c1-10(2)15(12(17)18,16-14(20)21-3)13(19)22-9-11-7-5-4-6-8-11/h4-8,10H,9H2,1-3H3,(H,16,20)(H,17,18). The number of carboxylic acids is 1. The van der Waals surface area contributed by atoms with E-state index in [2.05, 4.69) is 10.1 Å². The van der Waals surface area contributed by atoms with Crippen LogP contribution in [-0.2, 0) is 25.7 Å². The van der Waals surface area contributed by atoms with Gasteiger partial charge in [0.15, 0.2) is 0 Å². The molecule has 1 aromatic rings. The molecule has 2 N–H and O–H groups in total. The van der Waals surface area contributed by atoms with Crippen LogP contribution in [0.15, 0.2) is 30.3 Å². The highest BCUT2D eigenvalue weighted by atomic mass is 16.6. The lowest BCUT2D eigenvalue weighted by molar-refractivity contribution is -0.166. The Labute approximate surface area is 128 Å². The maximum Gasteiger partial charge on any atom is 0.408 e. The van der Waals surface area contributed by atoms with Crippen LogP contribution < -0.4 is 5.32 Å². The number of benzene rings is 1. The second-order valence-corrected chi connectivity index (χ2v) is 4.95. The highest BCUT2D eigenvalue weighted by Gasteiger charge is 2.52. The van der Waals surface area contributed by atoms with Crippen LogP contribution in [0.1, 0.15) is 19.4 Å². The first-order valence-electron chi connectivity index (χ1n) is 6.65. The van der Waals surface area contributed by atoms with Crippen LogP contribution in [0.4, 0.5) is 4.79 Å². The van der Waals surface area contributed by atoms with E-state index in [0.29, 0.717) is 5.56 Å². The van der Waals surface area contributed by atoms with Gasteiger partial charge in [0, 0.05) is 0 Å². The smallest absolute Gasteiger partial charge is 0.408 e. The van der Waals surface area contributed by atoms with Crippen LogP contribution in [0.25, 0.3) is 0 Å². The van der Waals surface area contributed by atoms with Crippen LogP contribution in [0.2, 0.25) is 0 Å². The summed E-state index contributed by atoms with van der Waals surface area (Å²) in [6.07, 6.45) is -1.02. The van der Waals surface area contributed by atoms with Crippen LogP contribution in [0.5, 0.6) is 0 Å². The quantitative estimate of drug-likeness (QED) is 0.611. The van der Waals surface area contributed by atoms with E-state index in [1.165, 1.54) is 13.8 Å². The molecule has 1 rings (SSSR count). The van der Waals surface area contributed by atoms with Crippen molar-refractivity contribution in [1.29, 1.82) is 0 Å². The van der Waals surface area contributed by atoms with Crippen molar-refractivity contribution in [1.82, 2.24) is 5.32 Å². The van der Waals surface area contributed by atoms with E-state index < -0.39 is 29.5 Å². The molecule has 7 heteroatoms. The third-order valence-electron chi connectivity index (χ3n) is 3.22. The van der Waals surface area contributed by atoms with E-state index in [4.69, 9.17) is 4.74 Å². The van der Waals surface area contributed by atoms with Gasteiger partial charge in [-0.1, -0.05) is 44.2 Å². The van der Waals surface area contributed by atoms with Gasteiger partial charge in [0.1, 0.15) is 6.61 Å². The molecule has 0 saturated carbocycles. The van der Waals surface area contributed by atoms with Gasteiger partial charge in [-0.25, -0.2) is 14.4 Å². The molecule has 1 amide bonds. The zero-order valence-electron chi connectivity index (χ0n) is 12.7. The molecule has 1 atom stereocenters. The van der Waals surface area contributed by atoms with Gasteiger partial charge in [-0.2, -0.15) is 0 Å². The van der Waals surface area contributed by atoms with Gasteiger partial charge in [-0.3, -0.25) is 5.32 Å². The highest BCUT2D eigenvalue weighted by Crippen LogP contribution is 2.21. The molecule has 7 nitrogen and oxygen atoms in total. The Morgan fingerprint density at radius 1 is 1.23 bits per heavy atom. The summed E-state index contributed by atoms with van der Waals surface area (Å²) in [4.78, 5) is 35.3. The van der Waals surface area contributed by atoms with Crippen LogP contribution in [0.3, 0.4) is 0 Å². The number of amides is 1. The van der Waals surface area contributed by atoms with Gasteiger partial charge in [-0.15, -0.1) is 0 Å². The Morgan fingerprint density at radius 2 is 1.82 bits per heavy atom. The Kier molecular flexibility index (Phi) is 5.91. The number of esters is 1.